The molecule has 3 rings (SSSR count). The van der Waals surface area contributed by atoms with Gasteiger partial charge in [0.2, 0.25) is 5.78 Å². The van der Waals surface area contributed by atoms with E-state index < -0.39 is 17.7 Å². The highest BCUT2D eigenvalue weighted by molar-refractivity contribution is 7.14. The van der Waals surface area contributed by atoms with Crippen molar-refractivity contribution in [3.8, 4) is 0 Å². The standard InChI is InChI=1S/C21H26N4O3S/c1-5-24(6-2)11-12-25-17(15-7-9-22-10-8-15)16(19(27)21(25)28)18(26)20-13(3)23-14(4)29-20/h7-10,17,27H,5-6,11-12H2,1-4H3/t17-/m0/s1. The number of carbonyl (C=O) groups excluding carboxylic acids is 2. The zero-order valence-corrected chi connectivity index (χ0v) is 18.0. The smallest absolute Gasteiger partial charge is 0.290 e. The quantitative estimate of drug-likeness (QED) is 0.668. The fourth-order valence-electron chi connectivity index (χ4n) is 3.66. The number of carbonyl (C=O) groups is 2. The number of aromatic nitrogens is 2. The van der Waals surface area contributed by atoms with Crippen molar-refractivity contribution in [3.63, 3.8) is 0 Å². The molecule has 0 saturated carbocycles. The molecule has 0 radical (unpaired) electrons. The number of amides is 1. The number of aliphatic hydroxyl groups excluding tert-OH is 1. The van der Waals surface area contributed by atoms with Crippen LogP contribution in [0.2, 0.25) is 0 Å². The van der Waals surface area contributed by atoms with E-state index in [1.165, 1.54) is 11.3 Å². The maximum atomic E-state index is 13.4. The van der Waals surface area contributed by atoms with Crippen LogP contribution in [0.25, 0.3) is 0 Å². The predicted octanol–water partition coefficient (Wildman–Crippen LogP) is 3.08. The average molecular weight is 415 g/mol. The second-order valence-corrected chi connectivity index (χ2v) is 8.15. The van der Waals surface area contributed by atoms with Crippen LogP contribution >= 0.6 is 11.3 Å². The topological polar surface area (TPSA) is 86.6 Å². The number of aryl methyl sites for hydroxylation is 2. The Morgan fingerprint density at radius 2 is 1.90 bits per heavy atom. The fourth-order valence-corrected chi connectivity index (χ4v) is 4.54. The minimum atomic E-state index is -0.643. The maximum absolute atomic E-state index is 13.4. The number of thiazole rings is 1. The Labute approximate surface area is 174 Å². The minimum absolute atomic E-state index is 0.118. The maximum Gasteiger partial charge on any atom is 0.290 e. The Hall–Kier alpha value is -2.58. The van der Waals surface area contributed by atoms with Gasteiger partial charge in [-0.05, 0) is 44.6 Å². The van der Waals surface area contributed by atoms with Crippen molar-refractivity contribution < 1.29 is 14.7 Å². The van der Waals surface area contributed by atoms with Gasteiger partial charge in [0.1, 0.15) is 0 Å². The molecular weight excluding hydrogens is 388 g/mol. The number of nitrogens with zero attached hydrogens (tertiary/aromatic N) is 4. The molecule has 2 aromatic rings. The summed E-state index contributed by atoms with van der Waals surface area (Å²) < 4.78 is 0. The monoisotopic (exact) mass is 414 g/mol. The average Bonchev–Trinajstić information content (AvgIpc) is 3.19. The van der Waals surface area contributed by atoms with Crippen molar-refractivity contribution in [2.24, 2.45) is 0 Å². The first-order valence-corrected chi connectivity index (χ1v) is 10.6. The van der Waals surface area contributed by atoms with E-state index in [2.05, 4.69) is 28.7 Å². The summed E-state index contributed by atoms with van der Waals surface area (Å²) in [7, 11) is 0. The Morgan fingerprint density at radius 1 is 1.24 bits per heavy atom. The van der Waals surface area contributed by atoms with Crippen LogP contribution in [0.1, 0.15) is 45.8 Å². The molecule has 0 saturated heterocycles. The number of ketones is 1. The van der Waals surface area contributed by atoms with E-state index in [1.54, 1.807) is 36.4 Å². The molecule has 0 aliphatic carbocycles. The third-order valence-corrected chi connectivity index (χ3v) is 6.30. The summed E-state index contributed by atoms with van der Waals surface area (Å²) in [4.78, 5) is 38.9. The summed E-state index contributed by atoms with van der Waals surface area (Å²) in [5.41, 5.74) is 1.48. The van der Waals surface area contributed by atoms with E-state index in [0.29, 0.717) is 23.7 Å². The van der Waals surface area contributed by atoms with E-state index in [4.69, 9.17) is 0 Å². The second-order valence-electron chi connectivity index (χ2n) is 6.95. The van der Waals surface area contributed by atoms with Gasteiger partial charge in [0.15, 0.2) is 5.76 Å². The summed E-state index contributed by atoms with van der Waals surface area (Å²) in [5, 5.41) is 11.5. The molecule has 2 aromatic heterocycles. The molecule has 8 heteroatoms. The number of rotatable bonds is 8. The van der Waals surface area contributed by atoms with Gasteiger partial charge in [0.25, 0.3) is 5.91 Å². The number of aliphatic hydroxyl groups is 1. The zero-order valence-electron chi connectivity index (χ0n) is 17.2. The molecule has 1 aliphatic heterocycles. The van der Waals surface area contributed by atoms with E-state index in [-0.39, 0.29) is 11.4 Å². The number of hydrogen-bond acceptors (Lipinski definition) is 7. The predicted molar refractivity (Wildman–Crippen MR) is 112 cm³/mol. The van der Waals surface area contributed by atoms with Crippen molar-refractivity contribution in [1.82, 2.24) is 19.8 Å². The van der Waals surface area contributed by atoms with Crippen molar-refractivity contribution in [2.75, 3.05) is 26.2 Å². The molecule has 3 heterocycles. The first-order valence-electron chi connectivity index (χ1n) is 9.74. The van der Waals surface area contributed by atoms with Crippen molar-refractivity contribution in [3.05, 3.63) is 57.0 Å². The molecule has 1 atom stereocenters. The molecule has 154 valence electrons. The second kappa shape index (κ2) is 8.84. The number of hydrogen-bond donors (Lipinski definition) is 1. The zero-order chi connectivity index (χ0) is 21.1. The Morgan fingerprint density at radius 3 is 2.45 bits per heavy atom. The summed E-state index contributed by atoms with van der Waals surface area (Å²) in [6, 6.07) is 2.91. The van der Waals surface area contributed by atoms with Gasteiger partial charge >= 0.3 is 0 Å². The van der Waals surface area contributed by atoms with Gasteiger partial charge in [-0.2, -0.15) is 0 Å². The lowest BCUT2D eigenvalue weighted by Crippen LogP contribution is -2.38. The lowest BCUT2D eigenvalue weighted by Gasteiger charge is -2.29. The minimum Gasteiger partial charge on any atom is -0.503 e. The SMILES string of the molecule is CCN(CC)CCN1C(=O)C(O)=C(C(=O)c2sc(C)nc2C)[C@@H]1c1ccncc1. The van der Waals surface area contributed by atoms with Crippen LogP contribution in [0.5, 0.6) is 0 Å². The molecule has 0 bridgehead atoms. The van der Waals surface area contributed by atoms with E-state index >= 15 is 0 Å². The van der Waals surface area contributed by atoms with Gasteiger partial charge in [-0.15, -0.1) is 11.3 Å². The third-order valence-electron chi connectivity index (χ3n) is 5.23. The van der Waals surface area contributed by atoms with Crippen LogP contribution in [0.4, 0.5) is 0 Å². The number of Topliss-reactive ketones (excluding diaryl/α,β-unsaturated/α-hetero) is 1. The van der Waals surface area contributed by atoms with Crippen LogP contribution < -0.4 is 0 Å². The molecule has 0 unspecified atom stereocenters. The molecule has 0 fully saturated rings. The molecule has 1 aliphatic rings. The highest BCUT2D eigenvalue weighted by Crippen LogP contribution is 2.39. The van der Waals surface area contributed by atoms with E-state index in [0.717, 1.165) is 23.7 Å². The third kappa shape index (κ3) is 4.09. The van der Waals surface area contributed by atoms with Gasteiger partial charge < -0.3 is 14.9 Å². The van der Waals surface area contributed by atoms with Gasteiger partial charge in [0.05, 0.1) is 27.2 Å². The van der Waals surface area contributed by atoms with Crippen LogP contribution in [0, 0.1) is 13.8 Å². The van der Waals surface area contributed by atoms with Crippen LogP contribution in [-0.2, 0) is 4.79 Å². The fraction of sp³-hybridized carbons (Fsp3) is 0.429. The van der Waals surface area contributed by atoms with Gasteiger partial charge in [-0.3, -0.25) is 14.6 Å². The molecule has 1 N–H and O–H groups in total. The van der Waals surface area contributed by atoms with Crippen LogP contribution in [-0.4, -0.2) is 62.7 Å². The van der Waals surface area contributed by atoms with Crippen molar-refractivity contribution >= 4 is 23.0 Å². The summed E-state index contributed by atoms with van der Waals surface area (Å²) in [5.74, 6) is -1.32. The van der Waals surface area contributed by atoms with E-state index in [9.17, 15) is 14.7 Å². The summed E-state index contributed by atoms with van der Waals surface area (Å²) in [6.45, 7) is 10.5. The molecule has 0 aromatic carbocycles. The Kier molecular flexibility index (Phi) is 6.44. The molecule has 1 amide bonds. The number of pyridine rings is 1. The van der Waals surface area contributed by atoms with E-state index in [1.807, 2.05) is 6.92 Å². The molecule has 0 spiro atoms. The summed E-state index contributed by atoms with van der Waals surface area (Å²) in [6.07, 6.45) is 3.25. The van der Waals surface area contributed by atoms with Gasteiger partial charge in [0, 0.05) is 25.5 Å². The largest absolute Gasteiger partial charge is 0.503 e. The van der Waals surface area contributed by atoms with Gasteiger partial charge in [-0.1, -0.05) is 13.8 Å². The van der Waals surface area contributed by atoms with Gasteiger partial charge in [-0.25, -0.2) is 4.98 Å². The van der Waals surface area contributed by atoms with Crippen LogP contribution in [0.3, 0.4) is 0 Å². The van der Waals surface area contributed by atoms with Crippen LogP contribution in [0.15, 0.2) is 35.9 Å². The summed E-state index contributed by atoms with van der Waals surface area (Å²) >= 11 is 1.28. The first-order chi connectivity index (χ1) is 13.9. The lowest BCUT2D eigenvalue weighted by atomic mass is 9.96. The first kappa shape index (κ1) is 21.1. The van der Waals surface area contributed by atoms with Crippen molar-refractivity contribution in [2.45, 2.75) is 33.7 Å². The number of likely N-dealkylation sites (N-methyl/N-ethyl adjacent to an activating group) is 1. The molecule has 29 heavy (non-hydrogen) atoms. The molecule has 7 nitrogen and oxygen atoms in total. The highest BCUT2D eigenvalue weighted by atomic mass is 32.1. The Balaban J connectivity index is 2.02. The lowest BCUT2D eigenvalue weighted by molar-refractivity contribution is -0.129. The Bertz CT molecular complexity index is 935. The van der Waals surface area contributed by atoms with Crippen molar-refractivity contribution in [1.29, 1.82) is 0 Å². The normalized spacial score (nSPS) is 16.9. The highest BCUT2D eigenvalue weighted by Gasteiger charge is 2.44. The molecular formula is C21H26N4O3S.